The molecule has 4 nitrogen and oxygen atoms in total. The Morgan fingerprint density at radius 3 is 2.85 bits per heavy atom. The van der Waals surface area contributed by atoms with E-state index in [4.69, 9.17) is 4.74 Å². The molecule has 1 N–H and O–H groups in total. The van der Waals surface area contributed by atoms with Crippen LogP contribution < -0.4 is 5.32 Å². The molecule has 0 saturated carbocycles. The summed E-state index contributed by atoms with van der Waals surface area (Å²) in [6, 6.07) is 1.02. The summed E-state index contributed by atoms with van der Waals surface area (Å²) < 4.78 is 8.27. The third kappa shape index (κ3) is 3.41. The number of aromatic nitrogens is 2. The lowest BCUT2D eigenvalue weighted by Crippen LogP contribution is -2.46. The Morgan fingerprint density at radius 1 is 1.45 bits per heavy atom. The number of nitrogens with one attached hydrogen (secondary N) is 1. The summed E-state index contributed by atoms with van der Waals surface area (Å²) in [5.41, 5.74) is 1.36. The van der Waals surface area contributed by atoms with Crippen LogP contribution in [0.25, 0.3) is 0 Å². The summed E-state index contributed by atoms with van der Waals surface area (Å²) in [6.07, 6.45) is 8.33. The van der Waals surface area contributed by atoms with Crippen molar-refractivity contribution < 1.29 is 4.74 Å². The van der Waals surface area contributed by atoms with Crippen molar-refractivity contribution in [2.45, 2.75) is 77.6 Å². The number of hydrogen-bond acceptors (Lipinski definition) is 3. The van der Waals surface area contributed by atoms with Gasteiger partial charge in [-0.25, -0.2) is 4.98 Å². The first-order valence-corrected chi connectivity index (χ1v) is 7.98. The van der Waals surface area contributed by atoms with Crippen LogP contribution in [0.4, 0.5) is 0 Å². The molecule has 0 bridgehead atoms. The van der Waals surface area contributed by atoms with Gasteiger partial charge in [0.25, 0.3) is 0 Å². The van der Waals surface area contributed by atoms with Crippen molar-refractivity contribution in [1.82, 2.24) is 14.9 Å². The maximum absolute atomic E-state index is 6.04. The maximum atomic E-state index is 6.04. The van der Waals surface area contributed by atoms with Crippen LogP contribution >= 0.6 is 0 Å². The predicted molar refractivity (Wildman–Crippen MR) is 81.7 cm³/mol. The summed E-state index contributed by atoms with van der Waals surface area (Å²) in [5, 5.41) is 3.70. The van der Waals surface area contributed by atoms with Gasteiger partial charge in [0, 0.05) is 31.4 Å². The van der Waals surface area contributed by atoms with E-state index in [2.05, 4.69) is 42.6 Å². The maximum Gasteiger partial charge on any atom is 0.0951 e. The Balaban J connectivity index is 1.92. The van der Waals surface area contributed by atoms with E-state index in [1.54, 1.807) is 0 Å². The predicted octanol–water partition coefficient (Wildman–Crippen LogP) is 3.29. The minimum Gasteiger partial charge on any atom is -0.375 e. The molecule has 0 spiro atoms. The van der Waals surface area contributed by atoms with Gasteiger partial charge < -0.3 is 14.6 Å². The molecular formula is C16H29N3O. The lowest BCUT2D eigenvalue weighted by Gasteiger charge is -2.40. The average molecular weight is 279 g/mol. The van der Waals surface area contributed by atoms with Gasteiger partial charge in [-0.2, -0.15) is 0 Å². The van der Waals surface area contributed by atoms with Crippen molar-refractivity contribution >= 4 is 0 Å². The summed E-state index contributed by atoms with van der Waals surface area (Å²) >= 11 is 0. The van der Waals surface area contributed by atoms with Gasteiger partial charge in [0.1, 0.15) is 0 Å². The van der Waals surface area contributed by atoms with Crippen LogP contribution in [0.3, 0.4) is 0 Å². The molecular weight excluding hydrogens is 250 g/mol. The first kappa shape index (κ1) is 15.5. The quantitative estimate of drug-likeness (QED) is 0.868. The van der Waals surface area contributed by atoms with Gasteiger partial charge >= 0.3 is 0 Å². The molecule has 1 unspecified atom stereocenters. The summed E-state index contributed by atoms with van der Waals surface area (Å²) in [7, 11) is 0. The molecule has 2 rings (SSSR count). The second-order valence-electron chi connectivity index (χ2n) is 6.20. The molecule has 1 atom stereocenters. The molecule has 1 aromatic rings. The van der Waals surface area contributed by atoms with Crippen molar-refractivity contribution in [2.24, 2.45) is 0 Å². The highest BCUT2D eigenvalue weighted by molar-refractivity contribution is 5.00. The highest BCUT2D eigenvalue weighted by atomic mass is 16.5. The molecule has 114 valence electrons. The summed E-state index contributed by atoms with van der Waals surface area (Å²) in [6.45, 7) is 10.6. The van der Waals surface area contributed by atoms with E-state index in [1.165, 1.54) is 5.69 Å². The van der Waals surface area contributed by atoms with Crippen LogP contribution in [0.15, 0.2) is 12.5 Å². The van der Waals surface area contributed by atoms with Crippen molar-refractivity contribution in [3.8, 4) is 0 Å². The lowest BCUT2D eigenvalue weighted by atomic mass is 9.86. The van der Waals surface area contributed by atoms with Crippen LogP contribution in [0.2, 0.25) is 0 Å². The molecule has 1 aromatic heterocycles. The first-order valence-electron chi connectivity index (χ1n) is 7.98. The monoisotopic (exact) mass is 279 g/mol. The summed E-state index contributed by atoms with van der Waals surface area (Å²) in [5.74, 6) is 0. The van der Waals surface area contributed by atoms with Crippen molar-refractivity contribution in [3.63, 3.8) is 0 Å². The normalized spacial score (nSPS) is 22.4. The minimum atomic E-state index is 0.0915. The SMILES string of the molecule is CCC1(CC)CC(NCc2cncn2C(C)C)CCO1. The third-order valence-electron chi connectivity index (χ3n) is 4.66. The molecule has 2 heterocycles. The fourth-order valence-electron chi connectivity index (χ4n) is 3.13. The molecule has 20 heavy (non-hydrogen) atoms. The molecule has 1 aliphatic rings. The molecule has 0 aliphatic carbocycles. The van der Waals surface area contributed by atoms with Crippen LogP contribution in [-0.2, 0) is 11.3 Å². The Bertz CT molecular complexity index is 410. The molecule has 1 saturated heterocycles. The van der Waals surface area contributed by atoms with E-state index in [1.807, 2.05) is 12.5 Å². The standard InChI is InChI=1S/C16H29N3O/c1-5-16(6-2)9-14(7-8-20-16)18-11-15-10-17-12-19(15)13(3)4/h10,12-14,18H,5-9,11H2,1-4H3. The molecule has 4 heteroatoms. The molecule has 0 radical (unpaired) electrons. The van der Waals surface area contributed by atoms with Gasteiger partial charge in [-0.1, -0.05) is 13.8 Å². The third-order valence-corrected chi connectivity index (χ3v) is 4.66. The van der Waals surface area contributed by atoms with Gasteiger partial charge in [-0.3, -0.25) is 0 Å². The smallest absolute Gasteiger partial charge is 0.0951 e. The van der Waals surface area contributed by atoms with Gasteiger partial charge in [-0.15, -0.1) is 0 Å². The highest BCUT2D eigenvalue weighted by Crippen LogP contribution is 2.31. The highest BCUT2D eigenvalue weighted by Gasteiger charge is 2.34. The Kier molecular flexibility index (Phi) is 5.22. The van der Waals surface area contributed by atoms with Crippen molar-refractivity contribution in [2.75, 3.05) is 6.61 Å². The second kappa shape index (κ2) is 6.72. The van der Waals surface area contributed by atoms with Crippen molar-refractivity contribution in [3.05, 3.63) is 18.2 Å². The average Bonchev–Trinajstić information content (AvgIpc) is 2.94. The fraction of sp³-hybridized carbons (Fsp3) is 0.812. The van der Waals surface area contributed by atoms with E-state index in [-0.39, 0.29) is 5.60 Å². The number of hydrogen-bond donors (Lipinski definition) is 1. The van der Waals surface area contributed by atoms with Crippen LogP contribution in [-0.4, -0.2) is 27.8 Å². The molecule has 0 aromatic carbocycles. The Hall–Kier alpha value is -0.870. The largest absolute Gasteiger partial charge is 0.375 e. The first-order chi connectivity index (χ1) is 9.60. The fourth-order valence-corrected chi connectivity index (χ4v) is 3.13. The Morgan fingerprint density at radius 2 is 2.20 bits per heavy atom. The topological polar surface area (TPSA) is 39.1 Å². The van der Waals surface area contributed by atoms with Crippen LogP contribution in [0.1, 0.15) is 65.1 Å². The van der Waals surface area contributed by atoms with Crippen LogP contribution in [0.5, 0.6) is 0 Å². The zero-order chi connectivity index (χ0) is 14.6. The van der Waals surface area contributed by atoms with E-state index in [9.17, 15) is 0 Å². The van der Waals surface area contributed by atoms with Gasteiger partial charge in [0.2, 0.25) is 0 Å². The lowest BCUT2D eigenvalue weighted by molar-refractivity contribution is -0.0932. The van der Waals surface area contributed by atoms with Crippen LogP contribution in [0, 0.1) is 0 Å². The van der Waals surface area contributed by atoms with Gasteiger partial charge in [0.05, 0.1) is 17.6 Å². The number of rotatable bonds is 6. The Labute approximate surface area is 122 Å². The van der Waals surface area contributed by atoms with Gasteiger partial charge in [0.15, 0.2) is 0 Å². The number of imidazole rings is 1. The van der Waals surface area contributed by atoms with E-state index in [0.29, 0.717) is 12.1 Å². The second-order valence-corrected chi connectivity index (χ2v) is 6.20. The zero-order valence-corrected chi connectivity index (χ0v) is 13.4. The minimum absolute atomic E-state index is 0.0915. The summed E-state index contributed by atoms with van der Waals surface area (Å²) in [4.78, 5) is 4.27. The number of ether oxygens (including phenoxy) is 1. The number of nitrogens with zero attached hydrogens (tertiary/aromatic N) is 2. The van der Waals surface area contributed by atoms with E-state index in [0.717, 1.165) is 38.8 Å². The van der Waals surface area contributed by atoms with Gasteiger partial charge in [-0.05, 0) is 39.5 Å². The molecule has 1 fully saturated rings. The zero-order valence-electron chi connectivity index (χ0n) is 13.4. The molecule has 0 amide bonds. The molecule has 1 aliphatic heterocycles. The van der Waals surface area contributed by atoms with E-state index < -0.39 is 0 Å². The van der Waals surface area contributed by atoms with E-state index >= 15 is 0 Å². The van der Waals surface area contributed by atoms with Crippen molar-refractivity contribution in [1.29, 1.82) is 0 Å².